The quantitative estimate of drug-likeness (QED) is 0.699. The maximum absolute atomic E-state index is 12.6. The predicted molar refractivity (Wildman–Crippen MR) is 102 cm³/mol. The lowest BCUT2D eigenvalue weighted by Gasteiger charge is -2.24. The molecule has 27 heavy (non-hydrogen) atoms. The molecule has 1 aromatic carbocycles. The number of hydrogen-bond donors (Lipinski definition) is 2. The van der Waals surface area contributed by atoms with Gasteiger partial charge in [0.1, 0.15) is 17.4 Å². The third-order valence-electron chi connectivity index (χ3n) is 3.79. The Hall–Kier alpha value is -2.80. The Labute approximate surface area is 161 Å². The van der Waals surface area contributed by atoms with Crippen molar-refractivity contribution in [2.24, 2.45) is 5.41 Å². The molecule has 2 rings (SSSR count). The second-order valence-electron chi connectivity index (χ2n) is 6.88. The highest BCUT2D eigenvalue weighted by Gasteiger charge is 2.24. The summed E-state index contributed by atoms with van der Waals surface area (Å²) in [7, 11) is 0. The Bertz CT molecular complexity index is 877. The molecule has 1 amide bonds. The highest BCUT2D eigenvalue weighted by atomic mass is 35.5. The molecule has 0 atom stereocenters. The summed E-state index contributed by atoms with van der Waals surface area (Å²) >= 11 is 6.09. The lowest BCUT2D eigenvalue weighted by molar-refractivity contribution is -0.139. The van der Waals surface area contributed by atoms with Gasteiger partial charge in [-0.1, -0.05) is 55.8 Å². The normalized spacial score (nSPS) is 11.1. The fourth-order valence-electron chi connectivity index (χ4n) is 2.56. The fourth-order valence-corrected chi connectivity index (χ4v) is 2.76. The first-order valence-corrected chi connectivity index (χ1v) is 8.64. The second kappa shape index (κ2) is 8.73. The van der Waals surface area contributed by atoms with Crippen molar-refractivity contribution in [3.63, 3.8) is 0 Å². The van der Waals surface area contributed by atoms with Gasteiger partial charge in [-0.15, -0.1) is 0 Å². The van der Waals surface area contributed by atoms with Gasteiger partial charge in [-0.2, -0.15) is 0 Å². The van der Waals surface area contributed by atoms with Crippen LogP contribution in [0.5, 0.6) is 0 Å². The number of ether oxygens (including phenoxy) is 1. The zero-order valence-electron chi connectivity index (χ0n) is 15.1. The number of amides is 1. The van der Waals surface area contributed by atoms with E-state index < -0.39 is 23.0 Å². The van der Waals surface area contributed by atoms with E-state index in [0.29, 0.717) is 0 Å². The van der Waals surface area contributed by atoms with Gasteiger partial charge < -0.3 is 9.84 Å². The highest BCUT2D eigenvalue weighted by Crippen LogP contribution is 2.24. The fraction of sp³-hybridized carbons (Fsp3) is 0.316. The molecule has 144 valence electrons. The van der Waals surface area contributed by atoms with Crippen molar-refractivity contribution in [1.29, 1.82) is 0 Å². The number of nitrogens with zero attached hydrogens (tertiary/aromatic N) is 1. The first kappa shape index (κ1) is 20.5. The minimum atomic E-state index is -0.969. The summed E-state index contributed by atoms with van der Waals surface area (Å²) in [6, 6.07) is 12.0. The molecule has 0 spiro atoms. The summed E-state index contributed by atoms with van der Waals surface area (Å²) in [5.74, 6) is -0.969. The van der Waals surface area contributed by atoms with Gasteiger partial charge in [0.2, 0.25) is 0 Å². The lowest BCUT2D eigenvalue weighted by Crippen LogP contribution is -2.32. The number of aliphatic carboxylic acids is 1. The molecule has 0 fully saturated rings. The van der Waals surface area contributed by atoms with Crippen LogP contribution in [0, 0.1) is 5.41 Å². The van der Waals surface area contributed by atoms with E-state index in [9.17, 15) is 14.4 Å². The van der Waals surface area contributed by atoms with Crippen molar-refractivity contribution in [2.75, 3.05) is 5.32 Å². The summed E-state index contributed by atoms with van der Waals surface area (Å²) in [4.78, 5) is 35.6. The van der Waals surface area contributed by atoms with Gasteiger partial charge in [0.15, 0.2) is 0 Å². The molecule has 1 aromatic heterocycles. The number of carbonyl (C=O) groups is 2. The van der Waals surface area contributed by atoms with Crippen LogP contribution in [0.4, 0.5) is 10.5 Å². The van der Waals surface area contributed by atoms with Crippen LogP contribution >= 0.6 is 11.6 Å². The third kappa shape index (κ3) is 6.14. The molecule has 2 N–H and O–H groups in total. The Morgan fingerprint density at radius 1 is 1.19 bits per heavy atom. The summed E-state index contributed by atoms with van der Waals surface area (Å²) in [5, 5.41) is 11.6. The maximum Gasteiger partial charge on any atom is 0.412 e. The van der Waals surface area contributed by atoms with Gasteiger partial charge in [0, 0.05) is 6.54 Å². The smallest absolute Gasteiger partial charge is 0.412 e. The molecular weight excluding hydrogens is 372 g/mol. The van der Waals surface area contributed by atoms with Crippen LogP contribution in [0.15, 0.2) is 47.3 Å². The van der Waals surface area contributed by atoms with Crippen LogP contribution in [-0.4, -0.2) is 21.7 Å². The molecule has 8 heteroatoms. The van der Waals surface area contributed by atoms with Crippen molar-refractivity contribution < 1.29 is 19.4 Å². The van der Waals surface area contributed by atoms with E-state index in [1.807, 2.05) is 30.3 Å². The number of carbonyl (C=O) groups excluding carboxylic acids is 1. The average Bonchev–Trinajstić information content (AvgIpc) is 2.59. The Balaban J connectivity index is 2.10. The minimum Gasteiger partial charge on any atom is -0.481 e. The van der Waals surface area contributed by atoms with E-state index in [-0.39, 0.29) is 30.4 Å². The third-order valence-corrected chi connectivity index (χ3v) is 4.12. The number of hydrogen-bond acceptors (Lipinski definition) is 4. The first-order chi connectivity index (χ1) is 12.7. The molecule has 2 aromatic rings. The van der Waals surface area contributed by atoms with Crippen LogP contribution in [0.3, 0.4) is 0 Å². The molecule has 1 heterocycles. The zero-order chi connectivity index (χ0) is 20.0. The number of halogens is 1. The molecular formula is C19H21ClN2O5. The summed E-state index contributed by atoms with van der Waals surface area (Å²) in [6.07, 6.45) is -0.901. The predicted octanol–water partition coefficient (Wildman–Crippen LogP) is 3.75. The number of carboxylic acids is 1. The number of rotatable bonds is 7. The average molecular weight is 393 g/mol. The highest BCUT2D eigenvalue weighted by molar-refractivity contribution is 6.29. The van der Waals surface area contributed by atoms with Gasteiger partial charge in [0.05, 0.1) is 6.42 Å². The molecule has 0 bridgehead atoms. The number of aromatic nitrogens is 1. The standard InChI is InChI=1S/C19H21ClN2O5/c1-19(2,10-16(23)24)12-22-15(20)9-8-14(17(22)25)21-18(26)27-11-13-6-4-3-5-7-13/h3-9H,10-12H2,1-2H3,(H,21,26)(H,23,24). The van der Waals surface area contributed by atoms with Crippen molar-refractivity contribution in [3.8, 4) is 0 Å². The molecule has 0 aliphatic rings. The molecule has 7 nitrogen and oxygen atoms in total. The monoisotopic (exact) mass is 392 g/mol. The molecule has 0 aliphatic heterocycles. The number of anilines is 1. The van der Waals surface area contributed by atoms with Crippen molar-refractivity contribution in [2.45, 2.75) is 33.4 Å². The summed E-state index contributed by atoms with van der Waals surface area (Å²) in [5.41, 5.74) is -0.413. The van der Waals surface area contributed by atoms with Gasteiger partial charge in [-0.25, -0.2) is 4.79 Å². The van der Waals surface area contributed by atoms with Gasteiger partial charge in [-0.3, -0.25) is 19.5 Å². The molecule has 0 radical (unpaired) electrons. The van der Waals surface area contributed by atoms with E-state index in [4.69, 9.17) is 21.4 Å². The van der Waals surface area contributed by atoms with E-state index >= 15 is 0 Å². The molecule has 0 aliphatic carbocycles. The lowest BCUT2D eigenvalue weighted by atomic mass is 9.89. The number of pyridine rings is 1. The van der Waals surface area contributed by atoms with E-state index in [1.54, 1.807) is 13.8 Å². The van der Waals surface area contributed by atoms with Crippen molar-refractivity contribution in [3.05, 3.63) is 63.5 Å². The van der Waals surface area contributed by atoms with Gasteiger partial charge >= 0.3 is 12.1 Å². The SMILES string of the molecule is CC(C)(CC(=O)O)Cn1c(Cl)ccc(NC(=O)OCc2ccccc2)c1=O. The van der Waals surface area contributed by atoms with E-state index in [1.165, 1.54) is 16.7 Å². The van der Waals surface area contributed by atoms with E-state index in [2.05, 4.69) is 5.32 Å². The molecule has 0 unspecified atom stereocenters. The van der Waals surface area contributed by atoms with Crippen LogP contribution in [0.25, 0.3) is 0 Å². The molecule has 0 saturated carbocycles. The topological polar surface area (TPSA) is 97.6 Å². The zero-order valence-corrected chi connectivity index (χ0v) is 15.8. The summed E-state index contributed by atoms with van der Waals surface area (Å²) in [6.45, 7) is 3.60. The first-order valence-electron chi connectivity index (χ1n) is 8.27. The minimum absolute atomic E-state index is 0.00332. The van der Waals surface area contributed by atoms with Crippen LogP contribution in [0.1, 0.15) is 25.8 Å². The van der Waals surface area contributed by atoms with E-state index in [0.717, 1.165) is 5.56 Å². The van der Waals surface area contributed by atoms with Crippen molar-refractivity contribution in [1.82, 2.24) is 4.57 Å². The summed E-state index contributed by atoms with van der Waals surface area (Å²) < 4.78 is 6.34. The Kier molecular flexibility index (Phi) is 6.63. The Morgan fingerprint density at radius 2 is 1.85 bits per heavy atom. The maximum atomic E-state index is 12.6. The van der Waals surface area contributed by atoms with Gasteiger partial charge in [0.25, 0.3) is 5.56 Å². The number of nitrogens with one attached hydrogen (secondary N) is 1. The van der Waals surface area contributed by atoms with Gasteiger partial charge in [-0.05, 0) is 23.1 Å². The number of carboxylic acid groups (broad SMARTS) is 1. The van der Waals surface area contributed by atoms with Crippen LogP contribution < -0.4 is 10.9 Å². The van der Waals surface area contributed by atoms with Crippen molar-refractivity contribution >= 4 is 29.4 Å². The molecule has 0 saturated heterocycles. The second-order valence-corrected chi connectivity index (χ2v) is 7.27. The van der Waals surface area contributed by atoms with Crippen LogP contribution in [-0.2, 0) is 22.7 Å². The van der Waals surface area contributed by atoms with Crippen LogP contribution in [0.2, 0.25) is 5.15 Å². The largest absolute Gasteiger partial charge is 0.481 e. The number of benzene rings is 1. The Morgan fingerprint density at radius 3 is 2.48 bits per heavy atom.